The Morgan fingerprint density at radius 3 is 2.84 bits per heavy atom. The summed E-state index contributed by atoms with van der Waals surface area (Å²) >= 11 is 0. The van der Waals surface area contributed by atoms with Gasteiger partial charge in [-0.25, -0.2) is 0 Å². The average Bonchev–Trinajstić information content (AvgIpc) is 3.03. The summed E-state index contributed by atoms with van der Waals surface area (Å²) in [4.78, 5) is 14.4. The van der Waals surface area contributed by atoms with Gasteiger partial charge in [-0.1, -0.05) is 18.2 Å². The van der Waals surface area contributed by atoms with E-state index in [0.29, 0.717) is 19.4 Å². The normalized spacial score (nSPS) is 16.7. The second kappa shape index (κ2) is 8.49. The predicted molar refractivity (Wildman–Crippen MR) is 96.0 cm³/mol. The van der Waals surface area contributed by atoms with E-state index in [-0.39, 0.29) is 5.91 Å². The number of piperazine rings is 1. The lowest BCUT2D eigenvalue weighted by molar-refractivity contribution is -0.121. The summed E-state index contributed by atoms with van der Waals surface area (Å²) in [5.41, 5.74) is 1.59. The van der Waals surface area contributed by atoms with Crippen molar-refractivity contribution in [2.45, 2.75) is 18.8 Å². The quantitative estimate of drug-likeness (QED) is 0.518. The van der Waals surface area contributed by atoms with Crippen molar-refractivity contribution in [3.05, 3.63) is 36.1 Å². The molecule has 0 spiro atoms. The second-order valence-electron chi connectivity index (χ2n) is 6.39. The largest absolute Gasteiger partial charge is 0.475 e. The first kappa shape index (κ1) is 17.9. The number of hydrogen-bond acceptors (Lipinski definition) is 6. The lowest BCUT2D eigenvalue weighted by Gasteiger charge is -2.27. The highest BCUT2D eigenvalue weighted by Gasteiger charge is 2.27. The minimum Gasteiger partial charge on any atom is -0.464 e. The molecule has 2 aromatic rings. The summed E-state index contributed by atoms with van der Waals surface area (Å²) in [5.74, 6) is -0.944. The van der Waals surface area contributed by atoms with Crippen molar-refractivity contribution in [1.82, 2.24) is 15.5 Å². The summed E-state index contributed by atoms with van der Waals surface area (Å²) in [6.07, 6.45) is 2.25. The number of para-hydroxylation sites is 1. The van der Waals surface area contributed by atoms with Gasteiger partial charge in [-0.2, -0.15) is 0 Å². The van der Waals surface area contributed by atoms with Gasteiger partial charge in [0, 0.05) is 44.5 Å². The smallest absolute Gasteiger partial charge is 0.464 e. The molecule has 4 N–H and O–H groups in total. The van der Waals surface area contributed by atoms with Crippen LogP contribution >= 0.6 is 0 Å². The first-order chi connectivity index (χ1) is 12.1. The molecule has 7 nitrogen and oxygen atoms in total. The number of benzene rings is 1. The van der Waals surface area contributed by atoms with Crippen LogP contribution in [0.15, 0.2) is 34.9 Å². The minimum absolute atomic E-state index is 0.176. The molecule has 1 aromatic carbocycles. The molecule has 0 saturated carbocycles. The molecule has 0 aliphatic carbocycles. The fraction of sp³-hybridized carbons (Fsp3) is 0.471. The fourth-order valence-corrected chi connectivity index (χ4v) is 3.13. The Balaban J connectivity index is 1.56. The van der Waals surface area contributed by atoms with Gasteiger partial charge in [-0.05, 0) is 18.1 Å². The van der Waals surface area contributed by atoms with Crippen LogP contribution in [0.4, 0.5) is 0 Å². The number of amides is 1. The summed E-state index contributed by atoms with van der Waals surface area (Å²) in [5, 5.41) is 26.2. The van der Waals surface area contributed by atoms with Crippen molar-refractivity contribution in [3.8, 4) is 0 Å². The Hall–Kier alpha value is -1.87. The van der Waals surface area contributed by atoms with E-state index >= 15 is 0 Å². The van der Waals surface area contributed by atoms with Crippen molar-refractivity contribution < 1.29 is 19.3 Å². The van der Waals surface area contributed by atoms with E-state index in [1.54, 1.807) is 6.26 Å². The Labute approximate surface area is 147 Å². The first-order valence-electron chi connectivity index (χ1n) is 8.67. The Bertz CT molecular complexity index is 700. The molecule has 8 heteroatoms. The third-order valence-electron chi connectivity index (χ3n) is 4.57. The summed E-state index contributed by atoms with van der Waals surface area (Å²) in [6, 6.07) is 7.56. The van der Waals surface area contributed by atoms with Crippen LogP contribution in [0.5, 0.6) is 0 Å². The molecule has 1 saturated heterocycles. The SMILES string of the molecule is O=C(CCN1CCNCC1)NC(Cc1coc2ccccc12)B(O)O. The van der Waals surface area contributed by atoms with Crippen LogP contribution in [-0.4, -0.2) is 66.6 Å². The van der Waals surface area contributed by atoms with Crippen LogP contribution in [-0.2, 0) is 11.2 Å². The third-order valence-corrected chi connectivity index (χ3v) is 4.57. The second-order valence-corrected chi connectivity index (χ2v) is 6.39. The van der Waals surface area contributed by atoms with Gasteiger partial charge in [-0.3, -0.25) is 4.79 Å². The van der Waals surface area contributed by atoms with Crippen LogP contribution in [0.25, 0.3) is 11.0 Å². The van der Waals surface area contributed by atoms with E-state index < -0.39 is 13.1 Å². The van der Waals surface area contributed by atoms with Crippen molar-refractivity contribution in [2.75, 3.05) is 32.7 Å². The van der Waals surface area contributed by atoms with Crippen molar-refractivity contribution in [3.63, 3.8) is 0 Å². The molecule has 1 aromatic heterocycles. The van der Waals surface area contributed by atoms with Gasteiger partial charge in [0.25, 0.3) is 0 Å². The van der Waals surface area contributed by atoms with E-state index in [1.165, 1.54) is 0 Å². The maximum atomic E-state index is 12.2. The summed E-state index contributed by atoms with van der Waals surface area (Å²) in [7, 11) is -1.63. The summed E-state index contributed by atoms with van der Waals surface area (Å²) in [6.45, 7) is 4.41. The molecule has 1 fully saturated rings. The highest BCUT2D eigenvalue weighted by atomic mass is 16.4. The number of furan rings is 1. The first-order valence-corrected chi connectivity index (χ1v) is 8.67. The van der Waals surface area contributed by atoms with Crippen LogP contribution < -0.4 is 10.6 Å². The molecule has 1 unspecified atom stereocenters. The Morgan fingerprint density at radius 1 is 1.32 bits per heavy atom. The summed E-state index contributed by atoms with van der Waals surface area (Å²) < 4.78 is 5.47. The molecule has 25 heavy (non-hydrogen) atoms. The van der Waals surface area contributed by atoms with Gasteiger partial charge in [-0.15, -0.1) is 0 Å². The van der Waals surface area contributed by atoms with Crippen LogP contribution in [0, 0.1) is 0 Å². The molecule has 134 valence electrons. The zero-order valence-electron chi connectivity index (χ0n) is 14.1. The van der Waals surface area contributed by atoms with E-state index in [1.807, 2.05) is 24.3 Å². The van der Waals surface area contributed by atoms with Crippen molar-refractivity contribution in [2.24, 2.45) is 0 Å². The minimum atomic E-state index is -1.63. The van der Waals surface area contributed by atoms with Gasteiger partial charge >= 0.3 is 7.12 Å². The van der Waals surface area contributed by atoms with E-state index in [4.69, 9.17) is 4.42 Å². The standard InChI is InChI=1S/C17H24BN3O4/c22-17(5-8-21-9-6-19-7-10-21)20-16(18(23)24)11-13-12-25-15-4-2-1-3-14(13)15/h1-4,12,16,19,23-24H,5-11H2,(H,20,22). The number of carbonyl (C=O) groups excluding carboxylic acids is 1. The number of rotatable bonds is 7. The van der Waals surface area contributed by atoms with E-state index in [2.05, 4.69) is 15.5 Å². The molecule has 2 heterocycles. The topological polar surface area (TPSA) is 98.0 Å². The number of nitrogens with zero attached hydrogens (tertiary/aromatic N) is 1. The number of fused-ring (bicyclic) bond motifs is 1. The van der Waals surface area contributed by atoms with Gasteiger partial charge in [0.2, 0.25) is 5.91 Å². The van der Waals surface area contributed by atoms with Gasteiger partial charge in [0.1, 0.15) is 5.58 Å². The number of hydrogen-bond donors (Lipinski definition) is 4. The number of nitrogens with one attached hydrogen (secondary N) is 2. The van der Waals surface area contributed by atoms with Crippen LogP contribution in [0.3, 0.4) is 0 Å². The van der Waals surface area contributed by atoms with E-state index in [9.17, 15) is 14.8 Å². The monoisotopic (exact) mass is 345 g/mol. The predicted octanol–water partition coefficient (Wildman–Crippen LogP) is -0.233. The zero-order valence-corrected chi connectivity index (χ0v) is 14.1. The molecular weight excluding hydrogens is 321 g/mol. The maximum Gasteiger partial charge on any atom is 0.475 e. The zero-order chi connectivity index (χ0) is 17.6. The van der Waals surface area contributed by atoms with Gasteiger partial charge in [0.15, 0.2) is 0 Å². The van der Waals surface area contributed by atoms with Crippen LogP contribution in [0.2, 0.25) is 0 Å². The third kappa shape index (κ3) is 4.82. The lowest BCUT2D eigenvalue weighted by Crippen LogP contribution is -2.49. The molecule has 3 rings (SSSR count). The fourth-order valence-electron chi connectivity index (χ4n) is 3.13. The highest BCUT2D eigenvalue weighted by molar-refractivity contribution is 6.43. The van der Waals surface area contributed by atoms with Crippen LogP contribution in [0.1, 0.15) is 12.0 Å². The van der Waals surface area contributed by atoms with Gasteiger partial charge < -0.3 is 30.0 Å². The molecule has 1 amide bonds. The average molecular weight is 345 g/mol. The Kier molecular flexibility index (Phi) is 6.09. The molecule has 1 atom stereocenters. The van der Waals surface area contributed by atoms with Crippen molar-refractivity contribution in [1.29, 1.82) is 0 Å². The molecule has 1 aliphatic rings. The number of carbonyl (C=O) groups is 1. The highest BCUT2D eigenvalue weighted by Crippen LogP contribution is 2.22. The molecule has 1 aliphatic heterocycles. The Morgan fingerprint density at radius 2 is 2.08 bits per heavy atom. The van der Waals surface area contributed by atoms with E-state index in [0.717, 1.165) is 42.7 Å². The molecular formula is C17H24BN3O4. The molecule has 0 radical (unpaired) electrons. The molecule has 0 bridgehead atoms. The maximum absolute atomic E-state index is 12.2. The van der Waals surface area contributed by atoms with Crippen molar-refractivity contribution >= 4 is 24.0 Å². The lowest BCUT2D eigenvalue weighted by atomic mass is 9.76. The van der Waals surface area contributed by atoms with Gasteiger partial charge in [0.05, 0.1) is 12.2 Å².